The molecule has 3 aliphatic rings. The number of imide groups is 1. The second-order valence-electron chi connectivity index (χ2n) is 8.70. The van der Waals surface area contributed by atoms with Gasteiger partial charge in [0.15, 0.2) is 5.92 Å². The largest absolute Gasteiger partial charge is 0.481 e. The van der Waals surface area contributed by atoms with Crippen LogP contribution in [0, 0.1) is 5.92 Å². The molecule has 2 fully saturated rings. The Bertz CT molecular complexity index is 1260. The van der Waals surface area contributed by atoms with Crippen LogP contribution < -0.4 is 9.80 Å². The normalized spacial score (nSPS) is 22.2. The van der Waals surface area contributed by atoms with E-state index in [9.17, 15) is 37.5 Å². The maximum absolute atomic E-state index is 13.5. The van der Waals surface area contributed by atoms with Crippen LogP contribution in [-0.4, -0.2) is 53.7 Å². The first kappa shape index (κ1) is 23.6. The highest BCUT2D eigenvalue weighted by Crippen LogP contribution is 2.44. The molecule has 1 unspecified atom stereocenters. The van der Waals surface area contributed by atoms with E-state index in [2.05, 4.69) is 0 Å². The van der Waals surface area contributed by atoms with Gasteiger partial charge in [-0.2, -0.15) is 13.2 Å². The first-order valence-electron chi connectivity index (χ1n) is 11.2. The van der Waals surface area contributed by atoms with Gasteiger partial charge in [-0.15, -0.1) is 0 Å². The van der Waals surface area contributed by atoms with Crippen LogP contribution in [0.3, 0.4) is 0 Å². The van der Waals surface area contributed by atoms with Crippen molar-refractivity contribution in [3.63, 3.8) is 0 Å². The van der Waals surface area contributed by atoms with Crippen LogP contribution in [0.1, 0.15) is 29.2 Å². The number of nitrogens with zero attached hydrogens (tertiary/aromatic N) is 3. The van der Waals surface area contributed by atoms with Gasteiger partial charge in [-0.25, -0.2) is 9.59 Å². The van der Waals surface area contributed by atoms with Crippen LogP contribution >= 0.6 is 0 Å². The van der Waals surface area contributed by atoms with Gasteiger partial charge in [0.1, 0.15) is 6.61 Å². The number of aliphatic carboxylic acids is 1. The summed E-state index contributed by atoms with van der Waals surface area (Å²) < 4.78 is 45.5. The fourth-order valence-corrected chi connectivity index (χ4v) is 5.02. The molecule has 9 nitrogen and oxygen atoms in total. The van der Waals surface area contributed by atoms with Crippen molar-refractivity contribution in [1.82, 2.24) is 4.90 Å². The Kier molecular flexibility index (Phi) is 5.61. The number of carbonyl (C=O) groups excluding carboxylic acids is 3. The fourth-order valence-electron chi connectivity index (χ4n) is 5.02. The Morgan fingerprint density at radius 2 is 1.67 bits per heavy atom. The molecule has 2 saturated heterocycles. The lowest BCUT2D eigenvalue weighted by Gasteiger charge is -2.40. The molecule has 36 heavy (non-hydrogen) atoms. The van der Waals surface area contributed by atoms with Gasteiger partial charge in [-0.3, -0.25) is 24.3 Å². The zero-order valence-electron chi connectivity index (χ0n) is 18.7. The van der Waals surface area contributed by atoms with Crippen LogP contribution in [0.2, 0.25) is 0 Å². The van der Waals surface area contributed by atoms with E-state index in [0.717, 1.165) is 15.9 Å². The van der Waals surface area contributed by atoms with Crippen molar-refractivity contribution in [1.29, 1.82) is 0 Å². The quantitative estimate of drug-likeness (QED) is 0.636. The van der Waals surface area contributed by atoms with Crippen LogP contribution in [-0.2, 0) is 26.9 Å². The Hall–Kier alpha value is -4.09. The molecule has 0 spiro atoms. The van der Waals surface area contributed by atoms with E-state index in [1.165, 1.54) is 29.2 Å². The van der Waals surface area contributed by atoms with Crippen molar-refractivity contribution in [2.45, 2.75) is 25.1 Å². The smallest absolute Gasteiger partial charge is 0.416 e. The Morgan fingerprint density at radius 3 is 2.25 bits per heavy atom. The minimum atomic E-state index is -4.60. The Morgan fingerprint density at radius 1 is 1.00 bits per heavy atom. The van der Waals surface area contributed by atoms with Gasteiger partial charge in [0.2, 0.25) is 5.91 Å². The predicted molar refractivity (Wildman–Crippen MR) is 118 cm³/mol. The number of cyclic esters (lactones) is 1. The van der Waals surface area contributed by atoms with Crippen LogP contribution in [0.5, 0.6) is 0 Å². The lowest BCUT2D eigenvalue weighted by atomic mass is 9.98. The number of carboxylic acids is 1. The molecule has 4 amide bonds. The van der Waals surface area contributed by atoms with Gasteiger partial charge in [-0.1, -0.05) is 12.1 Å². The van der Waals surface area contributed by atoms with E-state index in [0.29, 0.717) is 12.2 Å². The monoisotopic (exact) mass is 503 g/mol. The molecule has 0 bridgehead atoms. The molecule has 1 aliphatic carbocycles. The van der Waals surface area contributed by atoms with Gasteiger partial charge >= 0.3 is 24.3 Å². The van der Waals surface area contributed by atoms with E-state index < -0.39 is 54.2 Å². The average molecular weight is 503 g/mol. The number of anilines is 2. The Balaban J connectivity index is 1.50. The van der Waals surface area contributed by atoms with Crippen LogP contribution in [0.15, 0.2) is 42.5 Å². The number of ether oxygens (including phenoxy) is 1. The van der Waals surface area contributed by atoms with Crippen LogP contribution in [0.25, 0.3) is 0 Å². The molecule has 2 aliphatic heterocycles. The molecule has 2 aromatic carbocycles. The average Bonchev–Trinajstić information content (AvgIpc) is 3.45. The standard InChI is InChI=1S/C24H20F3N3O6/c25-24(26,27)18-3-1-2-16-15(18)8-9-19(16)30-20(31)17(21(32)33)12-29(22(30)34)14-6-4-13(5-7-14)28-10-11-36-23(28)35/h1-7,17,19H,8-12H2,(H,32,33)/t17?,19-/m1/s1. The van der Waals surface area contributed by atoms with Gasteiger partial charge in [0.05, 0.1) is 18.2 Å². The molecule has 2 atom stereocenters. The minimum Gasteiger partial charge on any atom is -0.481 e. The number of urea groups is 1. The first-order chi connectivity index (χ1) is 17.1. The molecule has 2 aromatic rings. The van der Waals surface area contributed by atoms with Crippen molar-refractivity contribution in [2.24, 2.45) is 5.92 Å². The molecular weight excluding hydrogens is 483 g/mol. The summed E-state index contributed by atoms with van der Waals surface area (Å²) in [5.41, 5.74) is 0.143. The summed E-state index contributed by atoms with van der Waals surface area (Å²) in [6.07, 6.45) is -5.08. The lowest BCUT2D eigenvalue weighted by molar-refractivity contribution is -0.151. The third kappa shape index (κ3) is 3.82. The SMILES string of the molecule is O=C(O)C1CN(c2ccc(N3CCOC3=O)cc2)C(=O)N([C@@H]2CCc3c2cccc3C(F)(F)F)C1=O. The summed E-state index contributed by atoms with van der Waals surface area (Å²) in [6, 6.07) is 7.90. The van der Waals surface area contributed by atoms with Gasteiger partial charge in [0, 0.05) is 17.9 Å². The molecule has 0 aromatic heterocycles. The highest BCUT2D eigenvalue weighted by molar-refractivity contribution is 6.12. The summed E-state index contributed by atoms with van der Waals surface area (Å²) in [4.78, 5) is 53.6. The number of benzene rings is 2. The second-order valence-corrected chi connectivity index (χ2v) is 8.70. The van der Waals surface area contributed by atoms with Gasteiger partial charge in [0.25, 0.3) is 0 Å². The fraction of sp³-hybridized carbons (Fsp3) is 0.333. The zero-order valence-corrected chi connectivity index (χ0v) is 18.7. The van der Waals surface area contributed by atoms with Crippen molar-refractivity contribution in [3.05, 3.63) is 59.2 Å². The number of carbonyl (C=O) groups is 4. The van der Waals surface area contributed by atoms with Crippen molar-refractivity contribution in [3.8, 4) is 0 Å². The number of halogens is 3. The summed E-state index contributed by atoms with van der Waals surface area (Å²) in [6.45, 7) is 0.156. The maximum atomic E-state index is 13.5. The number of hydrogen-bond acceptors (Lipinski definition) is 5. The third-order valence-electron chi connectivity index (χ3n) is 6.73. The molecular formula is C24H20F3N3O6. The van der Waals surface area contributed by atoms with E-state index >= 15 is 0 Å². The zero-order chi connectivity index (χ0) is 25.8. The number of hydrogen-bond donors (Lipinski definition) is 1. The van der Waals surface area contributed by atoms with E-state index in [1.807, 2.05) is 0 Å². The number of alkyl halides is 3. The number of amides is 4. The van der Waals surface area contributed by atoms with Crippen LogP contribution in [0.4, 0.5) is 34.1 Å². The topological polar surface area (TPSA) is 107 Å². The maximum Gasteiger partial charge on any atom is 0.416 e. The molecule has 0 radical (unpaired) electrons. The molecule has 1 N–H and O–H groups in total. The van der Waals surface area contributed by atoms with Crippen molar-refractivity contribution < 1.29 is 42.2 Å². The second kappa shape index (κ2) is 8.54. The summed E-state index contributed by atoms with van der Waals surface area (Å²) in [5.74, 6) is -4.00. The minimum absolute atomic E-state index is 0.00134. The number of carboxylic acid groups (broad SMARTS) is 1. The predicted octanol–water partition coefficient (Wildman–Crippen LogP) is 3.82. The molecule has 2 heterocycles. The molecule has 12 heteroatoms. The van der Waals surface area contributed by atoms with E-state index in [4.69, 9.17) is 4.74 Å². The van der Waals surface area contributed by atoms with E-state index in [-0.39, 0.29) is 36.3 Å². The highest BCUT2D eigenvalue weighted by atomic mass is 19.4. The molecule has 5 rings (SSSR count). The molecule has 0 saturated carbocycles. The summed E-state index contributed by atoms with van der Waals surface area (Å²) >= 11 is 0. The summed E-state index contributed by atoms with van der Waals surface area (Å²) in [5, 5.41) is 9.69. The highest BCUT2D eigenvalue weighted by Gasteiger charge is 2.49. The van der Waals surface area contributed by atoms with Gasteiger partial charge in [-0.05, 0) is 54.3 Å². The molecule has 188 valence electrons. The van der Waals surface area contributed by atoms with Gasteiger partial charge < -0.3 is 9.84 Å². The summed E-state index contributed by atoms with van der Waals surface area (Å²) in [7, 11) is 0. The van der Waals surface area contributed by atoms with Crippen molar-refractivity contribution in [2.75, 3.05) is 29.5 Å². The van der Waals surface area contributed by atoms with E-state index in [1.54, 1.807) is 12.1 Å². The number of fused-ring (bicyclic) bond motifs is 1. The first-order valence-corrected chi connectivity index (χ1v) is 11.2. The lowest BCUT2D eigenvalue weighted by Crippen LogP contribution is -2.59. The number of rotatable bonds is 4. The van der Waals surface area contributed by atoms with Crippen molar-refractivity contribution >= 4 is 35.4 Å². The Labute approximate surface area is 202 Å². The third-order valence-corrected chi connectivity index (χ3v) is 6.73.